The highest BCUT2D eigenvalue weighted by molar-refractivity contribution is 5.67. The van der Waals surface area contributed by atoms with E-state index >= 15 is 0 Å². The van der Waals surface area contributed by atoms with Crippen LogP contribution in [-0.2, 0) is 0 Å². The van der Waals surface area contributed by atoms with Gasteiger partial charge in [0.1, 0.15) is 0 Å². The molecular weight excluding hydrogens is 467 g/mol. The van der Waals surface area contributed by atoms with E-state index in [-0.39, 0.29) is 0 Å². The molecule has 4 aromatic rings. The molecule has 200 valence electrons. The standard InChI is InChI=1S/C20H25N.C14H15N.CH3F/c1-16-13-14-20(17(2)15-16)21(18-9-5-3-6-10-18)19-11-7-4-8-12-19;1-11-8-9-14(12(2)10-11)15-13-6-4-3-5-7-13;1-2/h3,5-6,9-10,13-15,19H,4,7-8,11-12H2,1-2H3;3-10,15H,1-2H3;1H3/i;;1D. The van der Waals surface area contributed by atoms with E-state index in [1.54, 1.807) is 0 Å². The van der Waals surface area contributed by atoms with Crippen molar-refractivity contribution >= 4 is 22.7 Å². The molecule has 0 bridgehead atoms. The third-order valence-electron chi connectivity index (χ3n) is 7.02. The maximum Gasteiger partial charge on any atom is 0.0785 e. The van der Waals surface area contributed by atoms with Crippen LogP contribution in [0.15, 0.2) is 97.1 Å². The van der Waals surface area contributed by atoms with Gasteiger partial charge in [-0.1, -0.05) is 91.1 Å². The van der Waals surface area contributed by atoms with Crippen LogP contribution < -0.4 is 10.2 Å². The first-order valence-corrected chi connectivity index (χ1v) is 13.6. The van der Waals surface area contributed by atoms with E-state index in [4.69, 9.17) is 1.37 Å². The number of benzene rings is 4. The van der Waals surface area contributed by atoms with Gasteiger partial charge in [-0.3, -0.25) is 4.39 Å². The summed E-state index contributed by atoms with van der Waals surface area (Å²) in [5.41, 5.74) is 10.3. The first kappa shape index (κ1) is 27.4. The lowest BCUT2D eigenvalue weighted by Crippen LogP contribution is -2.33. The fourth-order valence-electron chi connectivity index (χ4n) is 5.18. The molecule has 0 amide bonds. The van der Waals surface area contributed by atoms with Gasteiger partial charge in [0.15, 0.2) is 0 Å². The smallest absolute Gasteiger partial charge is 0.0785 e. The highest BCUT2D eigenvalue weighted by Crippen LogP contribution is 2.36. The van der Waals surface area contributed by atoms with Crippen molar-refractivity contribution in [3.8, 4) is 0 Å². The maximum absolute atomic E-state index is 9.96. The van der Waals surface area contributed by atoms with Crippen molar-refractivity contribution in [2.75, 3.05) is 17.4 Å². The van der Waals surface area contributed by atoms with E-state index < -0.39 is 7.15 Å². The van der Waals surface area contributed by atoms with Crippen molar-refractivity contribution in [1.29, 1.82) is 0 Å². The fourth-order valence-corrected chi connectivity index (χ4v) is 5.18. The minimum Gasteiger partial charge on any atom is -0.355 e. The molecule has 0 aliphatic heterocycles. The number of nitrogens with one attached hydrogen (secondary N) is 1. The number of nitrogens with zero attached hydrogens (tertiary/aromatic N) is 1. The molecule has 4 aromatic carbocycles. The first-order chi connectivity index (χ1) is 18.9. The van der Waals surface area contributed by atoms with E-state index in [1.165, 1.54) is 71.4 Å². The quantitative estimate of drug-likeness (QED) is 0.287. The Hall–Kier alpha value is -3.59. The molecule has 1 N–H and O–H groups in total. The number of hydrogen-bond donors (Lipinski definition) is 1. The van der Waals surface area contributed by atoms with Crippen molar-refractivity contribution in [2.45, 2.75) is 65.8 Å². The molecule has 0 spiro atoms. The van der Waals surface area contributed by atoms with Gasteiger partial charge >= 0.3 is 0 Å². The summed E-state index contributed by atoms with van der Waals surface area (Å²) in [7, 11) is -1.00. The van der Waals surface area contributed by atoms with Crippen LogP contribution in [0.2, 0.25) is 0 Å². The Labute approximate surface area is 231 Å². The Bertz CT molecular complexity index is 1250. The van der Waals surface area contributed by atoms with Crippen LogP contribution in [0.5, 0.6) is 0 Å². The van der Waals surface area contributed by atoms with E-state index in [0.29, 0.717) is 6.04 Å². The molecule has 5 rings (SSSR count). The number of hydrogen-bond acceptors (Lipinski definition) is 2. The molecule has 0 atom stereocenters. The number of halogens is 1. The molecule has 0 saturated heterocycles. The van der Waals surface area contributed by atoms with E-state index in [0.717, 1.165) is 5.69 Å². The Morgan fingerprint density at radius 2 is 1.26 bits per heavy atom. The Morgan fingerprint density at radius 3 is 1.84 bits per heavy atom. The molecule has 1 aliphatic rings. The number of anilines is 4. The summed E-state index contributed by atoms with van der Waals surface area (Å²) in [6.07, 6.45) is 6.73. The summed E-state index contributed by atoms with van der Waals surface area (Å²) >= 11 is 0. The molecule has 0 heterocycles. The lowest BCUT2D eigenvalue weighted by atomic mass is 9.92. The van der Waals surface area contributed by atoms with Gasteiger partial charge in [0.25, 0.3) is 0 Å². The molecule has 38 heavy (non-hydrogen) atoms. The van der Waals surface area contributed by atoms with Gasteiger partial charge in [0, 0.05) is 28.8 Å². The molecule has 0 aromatic heterocycles. The second-order valence-electron chi connectivity index (χ2n) is 10.1. The number of rotatable bonds is 5. The van der Waals surface area contributed by atoms with Crippen LogP contribution in [-0.4, -0.2) is 13.2 Å². The van der Waals surface area contributed by atoms with Gasteiger partial charge in [0.2, 0.25) is 0 Å². The summed E-state index contributed by atoms with van der Waals surface area (Å²) in [5, 5.41) is 3.40. The SMILES string of the molecule is Cc1ccc(N(c2ccccc2)C2CCCCC2)c(C)c1.Cc1ccc(Nc2ccccc2)c(C)c1.[2H]CF. The van der Waals surface area contributed by atoms with Gasteiger partial charge in [0.05, 0.1) is 8.52 Å². The zero-order valence-electron chi connectivity index (χ0n) is 24.4. The van der Waals surface area contributed by atoms with Crippen molar-refractivity contribution in [3.05, 3.63) is 119 Å². The average Bonchev–Trinajstić information content (AvgIpc) is 2.94. The molecule has 0 radical (unpaired) electrons. The Kier molecular flexibility index (Phi) is 10.8. The zero-order chi connectivity index (χ0) is 28.0. The maximum atomic E-state index is 9.96. The second kappa shape index (κ2) is 15.0. The molecule has 0 unspecified atom stereocenters. The number of para-hydroxylation sites is 2. The Morgan fingerprint density at radius 1 is 0.711 bits per heavy atom. The van der Waals surface area contributed by atoms with Crippen LogP contribution in [0.25, 0.3) is 0 Å². The minimum atomic E-state index is -1.00. The predicted octanol–water partition coefficient (Wildman–Crippen LogP) is 10.4. The number of aryl methyl sites for hydroxylation is 4. The lowest BCUT2D eigenvalue weighted by molar-refractivity contribution is 0.436. The monoisotopic (exact) mass is 511 g/mol. The van der Waals surface area contributed by atoms with Crippen molar-refractivity contribution in [2.24, 2.45) is 0 Å². The fraction of sp³-hybridized carbons (Fsp3) is 0.314. The third kappa shape index (κ3) is 8.21. The van der Waals surface area contributed by atoms with Crippen LogP contribution in [0.4, 0.5) is 27.1 Å². The largest absolute Gasteiger partial charge is 0.355 e. The summed E-state index contributed by atoms with van der Waals surface area (Å²) < 4.78 is 15.5. The van der Waals surface area contributed by atoms with Gasteiger partial charge < -0.3 is 10.2 Å². The van der Waals surface area contributed by atoms with Crippen LogP contribution >= 0.6 is 0 Å². The number of alkyl halides is 1. The normalized spacial score (nSPS) is 13.2. The average molecular weight is 512 g/mol. The third-order valence-corrected chi connectivity index (χ3v) is 7.02. The topological polar surface area (TPSA) is 15.3 Å². The van der Waals surface area contributed by atoms with E-state index in [1.807, 2.05) is 18.2 Å². The highest BCUT2D eigenvalue weighted by atomic mass is 19.1. The van der Waals surface area contributed by atoms with Gasteiger partial charge in [-0.25, -0.2) is 0 Å². The zero-order valence-corrected chi connectivity index (χ0v) is 23.4. The van der Waals surface area contributed by atoms with E-state index in [9.17, 15) is 4.39 Å². The first-order valence-electron chi connectivity index (χ1n) is 14.3. The van der Waals surface area contributed by atoms with Gasteiger partial charge in [-0.05, 0) is 88.1 Å². The molecule has 1 fully saturated rings. The van der Waals surface area contributed by atoms with Crippen molar-refractivity contribution < 1.29 is 5.76 Å². The van der Waals surface area contributed by atoms with Gasteiger partial charge in [-0.15, -0.1) is 0 Å². The molecule has 3 heteroatoms. The molecule has 1 saturated carbocycles. The summed E-state index contributed by atoms with van der Waals surface area (Å²) in [6.45, 7) is 8.64. The van der Waals surface area contributed by atoms with Crippen molar-refractivity contribution in [3.63, 3.8) is 0 Å². The lowest BCUT2D eigenvalue weighted by Gasteiger charge is -2.37. The molecule has 1 aliphatic carbocycles. The van der Waals surface area contributed by atoms with Crippen LogP contribution in [0.1, 0.15) is 55.7 Å². The Balaban J connectivity index is 0.000000205. The van der Waals surface area contributed by atoms with E-state index in [2.05, 4.69) is 117 Å². The molecular formula is C35H43FN2. The highest BCUT2D eigenvalue weighted by Gasteiger charge is 2.23. The van der Waals surface area contributed by atoms with Crippen molar-refractivity contribution in [1.82, 2.24) is 0 Å². The minimum absolute atomic E-state index is 0.641. The summed E-state index contributed by atoms with van der Waals surface area (Å²) in [5.74, 6) is 0. The van der Waals surface area contributed by atoms with Gasteiger partial charge in [-0.2, -0.15) is 0 Å². The summed E-state index contributed by atoms with van der Waals surface area (Å²) in [6, 6.07) is 35.0. The van der Waals surface area contributed by atoms with Crippen LogP contribution in [0.3, 0.4) is 0 Å². The molecule has 2 nitrogen and oxygen atoms in total. The second-order valence-corrected chi connectivity index (χ2v) is 10.1. The summed E-state index contributed by atoms with van der Waals surface area (Å²) in [4.78, 5) is 2.58. The predicted molar refractivity (Wildman–Crippen MR) is 164 cm³/mol. The van der Waals surface area contributed by atoms with Crippen LogP contribution in [0, 0.1) is 27.7 Å².